The van der Waals surface area contributed by atoms with E-state index >= 15 is 0 Å². The van der Waals surface area contributed by atoms with Crippen molar-refractivity contribution in [2.75, 3.05) is 11.9 Å². The van der Waals surface area contributed by atoms with Gasteiger partial charge < -0.3 is 35.0 Å². The average molecular weight is 438 g/mol. The zero-order valence-corrected chi connectivity index (χ0v) is 16.5. The Kier molecular flexibility index (Phi) is 5.80. The van der Waals surface area contributed by atoms with Crippen LogP contribution in [0.1, 0.15) is 11.8 Å². The molecule has 4 atom stereocenters. The number of H-pyrrole nitrogens is 1. The summed E-state index contributed by atoms with van der Waals surface area (Å²) >= 11 is 0. The Morgan fingerprint density at radius 2 is 1.97 bits per heavy atom. The number of phosphoric ester groups is 1. The number of nitrogens with one attached hydrogen (secondary N) is 2. The first kappa shape index (κ1) is 20.8. The van der Waals surface area contributed by atoms with Gasteiger partial charge in [-0.1, -0.05) is 40.3 Å². The highest BCUT2D eigenvalue weighted by Gasteiger charge is 2.47. The van der Waals surface area contributed by atoms with Crippen molar-refractivity contribution in [1.82, 2.24) is 15.0 Å². The van der Waals surface area contributed by atoms with E-state index in [0.29, 0.717) is 23.5 Å². The second-order valence-corrected chi connectivity index (χ2v) is 8.01. The van der Waals surface area contributed by atoms with Crippen LogP contribution in [0.3, 0.4) is 0 Å². The van der Waals surface area contributed by atoms with Gasteiger partial charge in [0.15, 0.2) is 11.8 Å². The van der Waals surface area contributed by atoms with Crippen LogP contribution in [0, 0.1) is 0 Å². The molecule has 2 aromatic heterocycles. The lowest BCUT2D eigenvalue weighted by Gasteiger charge is -2.14. The molecule has 3 heterocycles. The molecule has 0 saturated carbocycles. The molecule has 6 N–H and O–H groups in total. The lowest BCUT2D eigenvalue weighted by Crippen LogP contribution is -2.47. The molecule has 0 bridgehead atoms. The van der Waals surface area contributed by atoms with Gasteiger partial charge >= 0.3 is 7.82 Å². The SMILES string of the molecule is O=P(O)(O)OCC1OC([n+]2cnc(NCc3ccccc3)c3[nH]cnc32)C(O)C1O. The zero-order valence-electron chi connectivity index (χ0n) is 15.6. The van der Waals surface area contributed by atoms with Crippen molar-refractivity contribution < 1.29 is 38.4 Å². The summed E-state index contributed by atoms with van der Waals surface area (Å²) in [7, 11) is -4.74. The van der Waals surface area contributed by atoms with Crippen LogP contribution in [0.15, 0.2) is 43.0 Å². The second kappa shape index (κ2) is 8.36. The minimum Gasteiger partial charge on any atom is -0.387 e. The summed E-state index contributed by atoms with van der Waals surface area (Å²) < 4.78 is 22.3. The molecule has 1 aromatic carbocycles. The maximum Gasteiger partial charge on any atom is 0.469 e. The number of aliphatic hydroxyl groups is 2. The first-order valence-electron chi connectivity index (χ1n) is 9.06. The van der Waals surface area contributed by atoms with E-state index < -0.39 is 39.0 Å². The van der Waals surface area contributed by atoms with Gasteiger partial charge in [0.2, 0.25) is 18.4 Å². The van der Waals surface area contributed by atoms with Crippen LogP contribution in [-0.4, -0.2) is 59.9 Å². The van der Waals surface area contributed by atoms with Gasteiger partial charge in [0.05, 0.1) is 6.61 Å². The van der Waals surface area contributed by atoms with E-state index in [9.17, 15) is 14.8 Å². The van der Waals surface area contributed by atoms with Gasteiger partial charge in [0.1, 0.15) is 18.3 Å². The molecule has 0 aliphatic carbocycles. The van der Waals surface area contributed by atoms with Crippen LogP contribution >= 0.6 is 7.82 Å². The number of fused-ring (bicyclic) bond motifs is 1. The summed E-state index contributed by atoms with van der Waals surface area (Å²) in [5, 5.41) is 23.8. The fourth-order valence-corrected chi connectivity index (χ4v) is 3.61. The van der Waals surface area contributed by atoms with Crippen LogP contribution < -0.4 is 9.88 Å². The summed E-state index contributed by atoms with van der Waals surface area (Å²) in [4.78, 5) is 29.3. The average Bonchev–Trinajstić information content (AvgIpc) is 3.31. The molecular formula is C17H21N5O7P+. The van der Waals surface area contributed by atoms with E-state index in [-0.39, 0.29) is 0 Å². The Morgan fingerprint density at radius 1 is 1.20 bits per heavy atom. The molecule has 1 aliphatic rings. The quantitative estimate of drug-likeness (QED) is 0.210. The molecule has 12 nitrogen and oxygen atoms in total. The fraction of sp³-hybridized carbons (Fsp3) is 0.353. The molecule has 0 amide bonds. The van der Waals surface area contributed by atoms with Gasteiger partial charge in [0, 0.05) is 6.54 Å². The zero-order chi connectivity index (χ0) is 21.3. The molecular weight excluding hydrogens is 417 g/mol. The predicted octanol–water partition coefficient (Wildman–Crippen LogP) is -0.414. The largest absolute Gasteiger partial charge is 0.469 e. The van der Waals surface area contributed by atoms with Gasteiger partial charge in [-0.05, 0) is 5.56 Å². The van der Waals surface area contributed by atoms with Crippen LogP contribution in [0.25, 0.3) is 11.2 Å². The Labute approximate surface area is 170 Å². The normalized spacial score (nSPS) is 24.4. The van der Waals surface area contributed by atoms with Crippen molar-refractivity contribution in [3.63, 3.8) is 0 Å². The van der Waals surface area contributed by atoms with Crippen LogP contribution in [0.5, 0.6) is 0 Å². The summed E-state index contributed by atoms with van der Waals surface area (Å²) in [6.07, 6.45) is -2.16. The highest BCUT2D eigenvalue weighted by Crippen LogP contribution is 2.37. The molecule has 160 valence electrons. The number of hydrogen-bond donors (Lipinski definition) is 6. The van der Waals surface area contributed by atoms with Gasteiger partial charge in [-0.3, -0.25) is 4.52 Å². The van der Waals surface area contributed by atoms with Gasteiger partial charge in [-0.2, -0.15) is 0 Å². The third-order valence-electron chi connectivity index (χ3n) is 4.73. The van der Waals surface area contributed by atoms with Crippen molar-refractivity contribution in [1.29, 1.82) is 0 Å². The van der Waals surface area contributed by atoms with E-state index in [0.717, 1.165) is 5.56 Å². The summed E-state index contributed by atoms with van der Waals surface area (Å²) in [5.41, 5.74) is 2.04. The first-order valence-corrected chi connectivity index (χ1v) is 10.6. The van der Waals surface area contributed by atoms with Gasteiger partial charge in [-0.25, -0.2) is 9.13 Å². The Morgan fingerprint density at radius 3 is 2.70 bits per heavy atom. The smallest absolute Gasteiger partial charge is 0.387 e. The minimum atomic E-state index is -4.74. The van der Waals surface area contributed by atoms with Crippen molar-refractivity contribution in [3.05, 3.63) is 48.5 Å². The van der Waals surface area contributed by atoms with Crippen LogP contribution in [0.4, 0.5) is 5.82 Å². The Bertz CT molecular complexity index is 1060. The third-order valence-corrected chi connectivity index (χ3v) is 5.22. The predicted molar refractivity (Wildman–Crippen MR) is 102 cm³/mol. The topological polar surface area (TPSA) is 174 Å². The number of nitrogens with zero attached hydrogens (tertiary/aromatic N) is 3. The maximum atomic E-state index is 10.9. The highest BCUT2D eigenvalue weighted by atomic mass is 31.2. The number of aliphatic hydroxyl groups excluding tert-OH is 2. The number of hydrogen-bond acceptors (Lipinski definition) is 8. The Balaban J connectivity index is 1.55. The number of aromatic nitrogens is 4. The molecule has 4 unspecified atom stereocenters. The number of rotatable bonds is 7. The molecule has 3 aromatic rings. The van der Waals surface area contributed by atoms with E-state index in [4.69, 9.17) is 14.5 Å². The number of ether oxygens (including phenoxy) is 1. The van der Waals surface area contributed by atoms with E-state index in [2.05, 4.69) is 24.8 Å². The van der Waals surface area contributed by atoms with E-state index in [1.807, 2.05) is 30.3 Å². The molecule has 4 rings (SSSR count). The number of phosphoric acid groups is 1. The lowest BCUT2D eigenvalue weighted by molar-refractivity contribution is -0.747. The van der Waals surface area contributed by atoms with Crippen molar-refractivity contribution >= 4 is 24.8 Å². The van der Waals surface area contributed by atoms with Gasteiger partial charge in [0.25, 0.3) is 5.65 Å². The van der Waals surface area contributed by atoms with E-state index in [1.54, 1.807) is 0 Å². The summed E-state index contributed by atoms with van der Waals surface area (Å²) in [6, 6.07) is 9.76. The second-order valence-electron chi connectivity index (χ2n) is 6.77. The van der Waals surface area contributed by atoms with Crippen molar-refractivity contribution in [2.24, 2.45) is 0 Å². The number of aromatic amines is 1. The monoisotopic (exact) mass is 438 g/mol. The van der Waals surface area contributed by atoms with Crippen LogP contribution in [0.2, 0.25) is 0 Å². The molecule has 13 heteroatoms. The number of benzene rings is 1. The molecule has 0 spiro atoms. The molecule has 1 fully saturated rings. The maximum absolute atomic E-state index is 10.9. The highest BCUT2D eigenvalue weighted by molar-refractivity contribution is 7.46. The molecule has 30 heavy (non-hydrogen) atoms. The molecule has 0 radical (unpaired) electrons. The molecule has 1 saturated heterocycles. The third kappa shape index (κ3) is 4.35. The van der Waals surface area contributed by atoms with Crippen LogP contribution in [-0.2, 0) is 20.4 Å². The minimum absolute atomic E-state index is 0.411. The van der Waals surface area contributed by atoms with Crippen molar-refractivity contribution in [3.8, 4) is 0 Å². The standard InChI is InChI=1S/C17H20N5O7P/c23-13-11(7-28-30(25,26)27)29-17(14(13)24)22-9-21-15(12-16(22)20-8-19-12)18-6-10-4-2-1-3-5-10/h1-5,8-9,11,13-14,17,23-24H,6-7H2,(H3,18,19,20,25,26,27)/p+1. The number of anilines is 1. The van der Waals surface area contributed by atoms with E-state index in [1.165, 1.54) is 17.2 Å². The van der Waals surface area contributed by atoms with Gasteiger partial charge in [-0.15, -0.1) is 0 Å². The first-order chi connectivity index (χ1) is 14.3. The fourth-order valence-electron chi connectivity index (χ4n) is 3.27. The number of imidazole rings is 1. The van der Waals surface area contributed by atoms with Crippen molar-refractivity contribution in [2.45, 2.75) is 31.1 Å². The Hall–Kier alpha value is -2.44. The summed E-state index contributed by atoms with van der Waals surface area (Å²) in [6.45, 7) is -0.0531. The summed E-state index contributed by atoms with van der Waals surface area (Å²) in [5.74, 6) is 0.539. The lowest BCUT2D eigenvalue weighted by atomic mass is 10.1. The molecule has 1 aliphatic heterocycles.